The van der Waals surface area contributed by atoms with Crippen LogP contribution in [0.25, 0.3) is 0 Å². The summed E-state index contributed by atoms with van der Waals surface area (Å²) in [6, 6.07) is 0. The monoisotopic (exact) mass is 288 g/mol. The molecule has 6 heteroatoms. The number of carbonyl (C=O) groups excluding carboxylic acids is 2. The fourth-order valence-corrected chi connectivity index (χ4v) is 2.79. The van der Waals surface area contributed by atoms with Crippen LogP contribution in [0.5, 0.6) is 0 Å². The molecule has 0 radical (unpaired) electrons. The van der Waals surface area contributed by atoms with E-state index in [9.17, 15) is 9.59 Å². The largest absolute Gasteiger partial charge is 0.375 e. The SMILES string of the molecule is CCC=O.O=C(CC1CNCCO1)N1CCSCC1. The molecule has 1 amide bonds. The van der Waals surface area contributed by atoms with E-state index in [0.717, 1.165) is 50.6 Å². The second-order valence-electron chi connectivity index (χ2n) is 4.47. The first-order valence-electron chi connectivity index (χ1n) is 6.89. The van der Waals surface area contributed by atoms with E-state index in [1.165, 1.54) is 0 Å². The molecule has 1 unspecified atom stereocenters. The standard InChI is InChI=1S/C10H18N2O2S.C3H6O/c13-10(12-2-5-15-6-3-12)7-9-8-11-1-4-14-9;1-2-3-4/h9,11H,1-8H2;3H,2H2,1H3. The zero-order chi connectivity index (χ0) is 13.9. The van der Waals surface area contributed by atoms with Crippen molar-refractivity contribution in [3.63, 3.8) is 0 Å². The smallest absolute Gasteiger partial charge is 0.225 e. The van der Waals surface area contributed by atoms with Crippen molar-refractivity contribution in [2.75, 3.05) is 44.3 Å². The Bertz CT molecular complexity index is 265. The van der Waals surface area contributed by atoms with Gasteiger partial charge in [0, 0.05) is 44.1 Å². The van der Waals surface area contributed by atoms with Gasteiger partial charge in [-0.3, -0.25) is 4.79 Å². The Morgan fingerprint density at radius 2 is 2.16 bits per heavy atom. The summed E-state index contributed by atoms with van der Waals surface area (Å²) in [5, 5.41) is 3.24. The van der Waals surface area contributed by atoms with Crippen molar-refractivity contribution in [3.05, 3.63) is 0 Å². The van der Waals surface area contributed by atoms with E-state index < -0.39 is 0 Å². The molecule has 0 aliphatic carbocycles. The maximum Gasteiger partial charge on any atom is 0.225 e. The Morgan fingerprint density at radius 1 is 1.47 bits per heavy atom. The first-order chi connectivity index (χ1) is 9.27. The van der Waals surface area contributed by atoms with Crippen molar-refractivity contribution in [2.45, 2.75) is 25.9 Å². The van der Waals surface area contributed by atoms with E-state index in [-0.39, 0.29) is 12.0 Å². The van der Waals surface area contributed by atoms with Crippen molar-refractivity contribution in [3.8, 4) is 0 Å². The van der Waals surface area contributed by atoms with Crippen LogP contribution in [0, 0.1) is 0 Å². The summed E-state index contributed by atoms with van der Waals surface area (Å²) in [7, 11) is 0. The van der Waals surface area contributed by atoms with Crippen LogP contribution in [0.15, 0.2) is 0 Å². The molecule has 19 heavy (non-hydrogen) atoms. The maximum atomic E-state index is 11.9. The van der Waals surface area contributed by atoms with Gasteiger partial charge in [-0.15, -0.1) is 0 Å². The van der Waals surface area contributed by atoms with Gasteiger partial charge in [0.05, 0.1) is 19.1 Å². The van der Waals surface area contributed by atoms with E-state index in [2.05, 4.69) is 5.32 Å². The number of aldehydes is 1. The second kappa shape index (κ2) is 10.2. The highest BCUT2D eigenvalue weighted by Crippen LogP contribution is 2.12. The molecule has 0 spiro atoms. The number of hydrogen-bond donors (Lipinski definition) is 1. The van der Waals surface area contributed by atoms with Gasteiger partial charge < -0.3 is 19.7 Å². The van der Waals surface area contributed by atoms with Crippen LogP contribution in [0.4, 0.5) is 0 Å². The second-order valence-corrected chi connectivity index (χ2v) is 5.69. The lowest BCUT2D eigenvalue weighted by molar-refractivity contribution is -0.134. The zero-order valence-corrected chi connectivity index (χ0v) is 12.4. The van der Waals surface area contributed by atoms with E-state index >= 15 is 0 Å². The third kappa shape index (κ3) is 6.94. The average Bonchev–Trinajstić information content (AvgIpc) is 2.49. The molecule has 2 aliphatic rings. The Balaban J connectivity index is 0.000000399. The summed E-state index contributed by atoms with van der Waals surface area (Å²) in [6.45, 7) is 6.08. The number of thioether (sulfide) groups is 1. The number of hydrogen-bond acceptors (Lipinski definition) is 5. The van der Waals surface area contributed by atoms with Crippen LogP contribution >= 0.6 is 11.8 Å². The van der Waals surface area contributed by atoms with Gasteiger partial charge in [0.2, 0.25) is 5.91 Å². The van der Waals surface area contributed by atoms with Crippen molar-refractivity contribution in [1.29, 1.82) is 0 Å². The summed E-state index contributed by atoms with van der Waals surface area (Å²) >= 11 is 1.92. The topological polar surface area (TPSA) is 58.6 Å². The molecule has 2 aliphatic heterocycles. The van der Waals surface area contributed by atoms with Crippen LogP contribution in [0.1, 0.15) is 19.8 Å². The zero-order valence-electron chi connectivity index (χ0n) is 11.6. The third-order valence-corrected chi connectivity index (χ3v) is 3.88. The highest BCUT2D eigenvalue weighted by atomic mass is 32.2. The van der Waals surface area contributed by atoms with Gasteiger partial charge in [-0.1, -0.05) is 6.92 Å². The van der Waals surface area contributed by atoms with Gasteiger partial charge in [0.15, 0.2) is 0 Å². The molecule has 2 fully saturated rings. The number of nitrogens with one attached hydrogen (secondary N) is 1. The Hall–Kier alpha value is -0.590. The summed E-state index contributed by atoms with van der Waals surface area (Å²) < 4.78 is 5.52. The van der Waals surface area contributed by atoms with Gasteiger partial charge >= 0.3 is 0 Å². The first-order valence-corrected chi connectivity index (χ1v) is 8.04. The number of rotatable bonds is 3. The Kier molecular flexibility index (Phi) is 8.86. The molecular formula is C13H24N2O3S. The summed E-state index contributed by atoms with van der Waals surface area (Å²) in [5.41, 5.74) is 0. The van der Waals surface area contributed by atoms with Crippen LogP contribution < -0.4 is 5.32 Å². The highest BCUT2D eigenvalue weighted by molar-refractivity contribution is 7.99. The molecule has 0 aromatic rings. The third-order valence-electron chi connectivity index (χ3n) is 2.94. The fraction of sp³-hybridized carbons (Fsp3) is 0.846. The molecule has 2 saturated heterocycles. The van der Waals surface area contributed by atoms with Crippen LogP contribution in [-0.2, 0) is 14.3 Å². The lowest BCUT2D eigenvalue weighted by atomic mass is 10.2. The van der Waals surface area contributed by atoms with Crippen LogP contribution in [0.3, 0.4) is 0 Å². The van der Waals surface area contributed by atoms with E-state index in [1.807, 2.05) is 23.6 Å². The minimum Gasteiger partial charge on any atom is -0.375 e. The predicted molar refractivity (Wildman–Crippen MR) is 77.5 cm³/mol. The molecule has 1 N–H and O–H groups in total. The number of carbonyl (C=O) groups is 2. The molecule has 5 nitrogen and oxygen atoms in total. The molecule has 0 saturated carbocycles. The van der Waals surface area contributed by atoms with Gasteiger partial charge in [0.25, 0.3) is 0 Å². The number of nitrogens with zero attached hydrogens (tertiary/aromatic N) is 1. The van der Waals surface area contributed by atoms with Crippen molar-refractivity contribution < 1.29 is 14.3 Å². The van der Waals surface area contributed by atoms with Crippen LogP contribution in [0.2, 0.25) is 0 Å². The minimum absolute atomic E-state index is 0.0841. The predicted octanol–water partition coefficient (Wildman–Crippen LogP) is 0.536. The van der Waals surface area contributed by atoms with Gasteiger partial charge in [-0.2, -0.15) is 11.8 Å². The molecule has 0 aromatic heterocycles. The molecule has 0 aromatic carbocycles. The highest BCUT2D eigenvalue weighted by Gasteiger charge is 2.22. The lowest BCUT2D eigenvalue weighted by Gasteiger charge is -2.29. The first kappa shape index (κ1) is 16.5. The van der Waals surface area contributed by atoms with Gasteiger partial charge in [-0.25, -0.2) is 0 Å². The van der Waals surface area contributed by atoms with E-state index in [1.54, 1.807) is 0 Å². The minimum atomic E-state index is 0.0841. The maximum absolute atomic E-state index is 11.9. The average molecular weight is 288 g/mol. The number of morpholine rings is 1. The van der Waals surface area contributed by atoms with E-state index in [4.69, 9.17) is 4.74 Å². The molecule has 1 atom stereocenters. The summed E-state index contributed by atoms with van der Waals surface area (Å²) in [5.74, 6) is 2.41. The van der Waals surface area contributed by atoms with Gasteiger partial charge in [-0.05, 0) is 0 Å². The lowest BCUT2D eigenvalue weighted by Crippen LogP contribution is -2.44. The van der Waals surface area contributed by atoms with Crippen molar-refractivity contribution in [2.24, 2.45) is 0 Å². The van der Waals surface area contributed by atoms with Crippen LogP contribution in [-0.4, -0.2) is 67.5 Å². The normalized spacial score (nSPS) is 23.2. The number of ether oxygens (including phenoxy) is 1. The Morgan fingerprint density at radius 3 is 2.68 bits per heavy atom. The number of amides is 1. The summed E-state index contributed by atoms with van der Waals surface area (Å²) in [6.07, 6.45) is 2.14. The molecule has 110 valence electrons. The van der Waals surface area contributed by atoms with Crippen molar-refractivity contribution in [1.82, 2.24) is 10.2 Å². The molecule has 2 rings (SSSR count). The summed E-state index contributed by atoms with van der Waals surface area (Å²) in [4.78, 5) is 23.0. The fourth-order valence-electron chi connectivity index (χ4n) is 1.89. The van der Waals surface area contributed by atoms with Crippen molar-refractivity contribution >= 4 is 24.0 Å². The molecular weight excluding hydrogens is 264 g/mol. The molecule has 2 heterocycles. The Labute approximate surface area is 119 Å². The van der Waals surface area contributed by atoms with Gasteiger partial charge in [0.1, 0.15) is 6.29 Å². The van der Waals surface area contributed by atoms with E-state index in [0.29, 0.717) is 12.8 Å². The quantitative estimate of drug-likeness (QED) is 0.768. The molecule has 0 bridgehead atoms.